The van der Waals surface area contributed by atoms with Crippen LogP contribution in [0.2, 0.25) is 0 Å². The minimum absolute atomic E-state index is 0.435. The predicted molar refractivity (Wildman–Crippen MR) is 65.9 cm³/mol. The van der Waals surface area contributed by atoms with Crippen molar-refractivity contribution < 1.29 is 0 Å². The van der Waals surface area contributed by atoms with Crippen molar-refractivity contribution in [3.63, 3.8) is 0 Å². The molecule has 2 N–H and O–H groups in total. The van der Waals surface area contributed by atoms with Crippen LogP contribution in [0.4, 0.5) is 0 Å². The molecule has 2 heteroatoms. The molecular formula is C13H22N2. The van der Waals surface area contributed by atoms with Crippen molar-refractivity contribution in [2.75, 3.05) is 13.6 Å². The number of hydrogen-bond donors (Lipinski definition) is 1. The highest BCUT2D eigenvalue weighted by atomic mass is 15.1. The lowest BCUT2D eigenvalue weighted by Crippen LogP contribution is -2.34. The van der Waals surface area contributed by atoms with Crippen LogP contribution < -0.4 is 5.73 Å². The van der Waals surface area contributed by atoms with Crippen molar-refractivity contribution in [3.05, 3.63) is 34.9 Å². The number of likely N-dealkylation sites (N-methyl/N-ethyl adjacent to an activating group) is 1. The molecule has 0 amide bonds. The zero-order valence-corrected chi connectivity index (χ0v) is 10.2. The van der Waals surface area contributed by atoms with Gasteiger partial charge in [-0.15, -0.1) is 0 Å². The van der Waals surface area contributed by atoms with Crippen LogP contribution in [0.3, 0.4) is 0 Å². The molecular weight excluding hydrogens is 184 g/mol. The molecule has 0 aliphatic carbocycles. The van der Waals surface area contributed by atoms with E-state index in [1.165, 1.54) is 16.7 Å². The lowest BCUT2D eigenvalue weighted by atomic mass is 10.0. The van der Waals surface area contributed by atoms with Crippen LogP contribution in [0.15, 0.2) is 18.2 Å². The first-order chi connectivity index (χ1) is 7.04. The molecule has 0 bridgehead atoms. The molecule has 1 atom stereocenters. The van der Waals surface area contributed by atoms with Crippen LogP contribution in [0.5, 0.6) is 0 Å². The molecule has 0 saturated heterocycles. The molecule has 1 unspecified atom stereocenters. The summed E-state index contributed by atoms with van der Waals surface area (Å²) < 4.78 is 0. The van der Waals surface area contributed by atoms with Gasteiger partial charge >= 0.3 is 0 Å². The predicted octanol–water partition coefficient (Wildman–Crippen LogP) is 2.08. The van der Waals surface area contributed by atoms with E-state index in [1.807, 2.05) is 0 Å². The highest BCUT2D eigenvalue weighted by Gasteiger charge is 2.08. The molecule has 0 aromatic heterocycles. The van der Waals surface area contributed by atoms with Crippen LogP contribution >= 0.6 is 0 Å². The van der Waals surface area contributed by atoms with Gasteiger partial charge in [-0.05, 0) is 38.9 Å². The van der Waals surface area contributed by atoms with Crippen molar-refractivity contribution in [1.29, 1.82) is 0 Å². The Morgan fingerprint density at radius 1 is 1.33 bits per heavy atom. The Labute approximate surface area is 93.1 Å². The standard InChI is InChI=1S/C13H22N2/c1-10-5-6-11(2)13(7-10)9-15(4)12(3)8-14/h5-7,12H,8-9,14H2,1-4H3. The van der Waals surface area contributed by atoms with Crippen LogP contribution in [-0.4, -0.2) is 24.5 Å². The Bertz CT molecular complexity index is 320. The highest BCUT2D eigenvalue weighted by molar-refractivity contribution is 5.30. The molecule has 0 aliphatic heterocycles. The zero-order chi connectivity index (χ0) is 11.4. The van der Waals surface area contributed by atoms with Gasteiger partial charge in [0.2, 0.25) is 0 Å². The number of nitrogens with two attached hydrogens (primary N) is 1. The van der Waals surface area contributed by atoms with E-state index in [2.05, 4.69) is 50.9 Å². The van der Waals surface area contributed by atoms with Crippen LogP contribution in [0.1, 0.15) is 23.6 Å². The maximum Gasteiger partial charge on any atom is 0.0236 e. The summed E-state index contributed by atoms with van der Waals surface area (Å²) in [5.74, 6) is 0. The van der Waals surface area contributed by atoms with Gasteiger partial charge in [-0.1, -0.05) is 23.8 Å². The summed E-state index contributed by atoms with van der Waals surface area (Å²) in [6.45, 7) is 8.14. The molecule has 0 saturated carbocycles. The number of nitrogens with zero attached hydrogens (tertiary/aromatic N) is 1. The van der Waals surface area contributed by atoms with E-state index in [0.717, 1.165) is 6.54 Å². The molecule has 1 aromatic rings. The summed E-state index contributed by atoms with van der Waals surface area (Å²) in [5, 5.41) is 0. The van der Waals surface area contributed by atoms with Crippen molar-refractivity contribution >= 4 is 0 Å². The quantitative estimate of drug-likeness (QED) is 0.817. The molecule has 0 spiro atoms. The molecule has 0 radical (unpaired) electrons. The van der Waals surface area contributed by atoms with Crippen LogP contribution in [-0.2, 0) is 6.54 Å². The first kappa shape index (κ1) is 12.2. The fourth-order valence-corrected chi connectivity index (χ4v) is 1.58. The maximum absolute atomic E-state index is 5.65. The maximum atomic E-state index is 5.65. The zero-order valence-electron chi connectivity index (χ0n) is 10.2. The van der Waals surface area contributed by atoms with E-state index in [4.69, 9.17) is 5.73 Å². The lowest BCUT2D eigenvalue weighted by Gasteiger charge is -2.24. The SMILES string of the molecule is Cc1ccc(C)c(CN(C)C(C)CN)c1. The van der Waals surface area contributed by atoms with Crippen molar-refractivity contribution in [1.82, 2.24) is 4.90 Å². The van der Waals surface area contributed by atoms with Gasteiger partial charge in [-0.25, -0.2) is 0 Å². The van der Waals surface area contributed by atoms with Crippen LogP contribution in [0, 0.1) is 13.8 Å². The first-order valence-corrected chi connectivity index (χ1v) is 5.51. The minimum atomic E-state index is 0.435. The minimum Gasteiger partial charge on any atom is -0.329 e. The van der Waals surface area contributed by atoms with Crippen molar-refractivity contribution in [2.45, 2.75) is 33.4 Å². The smallest absolute Gasteiger partial charge is 0.0236 e. The van der Waals surface area contributed by atoms with E-state index in [0.29, 0.717) is 12.6 Å². The molecule has 1 aromatic carbocycles. The van der Waals surface area contributed by atoms with E-state index in [1.54, 1.807) is 0 Å². The molecule has 1 rings (SSSR count). The Balaban J connectivity index is 2.75. The average molecular weight is 206 g/mol. The Morgan fingerprint density at radius 3 is 2.60 bits per heavy atom. The largest absolute Gasteiger partial charge is 0.329 e. The summed E-state index contributed by atoms with van der Waals surface area (Å²) >= 11 is 0. The second-order valence-electron chi connectivity index (χ2n) is 4.43. The van der Waals surface area contributed by atoms with E-state index in [-0.39, 0.29) is 0 Å². The van der Waals surface area contributed by atoms with Crippen LogP contribution in [0.25, 0.3) is 0 Å². The topological polar surface area (TPSA) is 29.3 Å². The van der Waals surface area contributed by atoms with Gasteiger partial charge in [0.15, 0.2) is 0 Å². The number of aryl methyl sites for hydroxylation is 2. The summed E-state index contributed by atoms with van der Waals surface area (Å²) in [6.07, 6.45) is 0. The third-order valence-electron chi connectivity index (χ3n) is 3.02. The summed E-state index contributed by atoms with van der Waals surface area (Å²) in [6, 6.07) is 7.04. The first-order valence-electron chi connectivity index (χ1n) is 5.51. The molecule has 0 aliphatic rings. The van der Waals surface area contributed by atoms with Crippen molar-refractivity contribution in [3.8, 4) is 0 Å². The van der Waals surface area contributed by atoms with Gasteiger partial charge in [0.25, 0.3) is 0 Å². The molecule has 0 fully saturated rings. The lowest BCUT2D eigenvalue weighted by molar-refractivity contribution is 0.254. The van der Waals surface area contributed by atoms with Gasteiger partial charge in [-0.2, -0.15) is 0 Å². The fourth-order valence-electron chi connectivity index (χ4n) is 1.58. The van der Waals surface area contributed by atoms with Gasteiger partial charge in [0.1, 0.15) is 0 Å². The summed E-state index contributed by atoms with van der Waals surface area (Å²) in [5.41, 5.74) is 9.74. The second-order valence-corrected chi connectivity index (χ2v) is 4.43. The molecule has 0 heterocycles. The van der Waals surface area contributed by atoms with Gasteiger partial charge < -0.3 is 5.73 Å². The normalized spacial score (nSPS) is 13.2. The summed E-state index contributed by atoms with van der Waals surface area (Å²) in [4.78, 5) is 2.29. The van der Waals surface area contributed by atoms with Crippen molar-refractivity contribution in [2.24, 2.45) is 5.73 Å². The Morgan fingerprint density at radius 2 is 2.00 bits per heavy atom. The number of rotatable bonds is 4. The molecule has 84 valence electrons. The van der Waals surface area contributed by atoms with Gasteiger partial charge in [0, 0.05) is 19.1 Å². The highest BCUT2D eigenvalue weighted by Crippen LogP contribution is 2.13. The third-order valence-corrected chi connectivity index (χ3v) is 3.02. The fraction of sp³-hybridized carbons (Fsp3) is 0.538. The Hall–Kier alpha value is -0.860. The summed E-state index contributed by atoms with van der Waals surface area (Å²) in [7, 11) is 2.12. The number of hydrogen-bond acceptors (Lipinski definition) is 2. The van der Waals surface area contributed by atoms with Gasteiger partial charge in [-0.3, -0.25) is 4.90 Å². The molecule has 15 heavy (non-hydrogen) atoms. The second kappa shape index (κ2) is 5.29. The Kier molecular flexibility index (Phi) is 4.30. The average Bonchev–Trinajstić information content (AvgIpc) is 2.22. The number of benzene rings is 1. The molecule has 2 nitrogen and oxygen atoms in total. The van der Waals surface area contributed by atoms with Gasteiger partial charge in [0.05, 0.1) is 0 Å². The third kappa shape index (κ3) is 3.33. The van der Waals surface area contributed by atoms with E-state index < -0.39 is 0 Å². The van der Waals surface area contributed by atoms with E-state index in [9.17, 15) is 0 Å². The van der Waals surface area contributed by atoms with E-state index >= 15 is 0 Å². The monoisotopic (exact) mass is 206 g/mol.